The molecule has 0 saturated heterocycles. The van der Waals surface area contributed by atoms with Crippen LogP contribution in [-0.2, 0) is 0 Å². The van der Waals surface area contributed by atoms with Crippen molar-refractivity contribution in [3.63, 3.8) is 0 Å². The molecule has 124 valence electrons. The third-order valence-corrected chi connectivity index (χ3v) is 6.01. The van der Waals surface area contributed by atoms with Gasteiger partial charge < -0.3 is 0 Å². The summed E-state index contributed by atoms with van der Waals surface area (Å²) in [5.41, 5.74) is 6.02. The number of aromatic nitrogens is 2. The van der Waals surface area contributed by atoms with Crippen molar-refractivity contribution in [3.8, 4) is 0 Å². The summed E-state index contributed by atoms with van der Waals surface area (Å²) in [7, 11) is 0. The number of thiazole rings is 2. The van der Waals surface area contributed by atoms with E-state index in [1.165, 1.54) is 30.9 Å². The van der Waals surface area contributed by atoms with Gasteiger partial charge in [0.2, 0.25) is 0 Å². The van der Waals surface area contributed by atoms with Gasteiger partial charge in [-0.25, -0.2) is 9.97 Å². The molecule has 0 spiro atoms. The molecule has 0 radical (unpaired) electrons. The molecule has 6 aromatic rings. The van der Waals surface area contributed by atoms with E-state index >= 15 is 0 Å². The van der Waals surface area contributed by atoms with Crippen LogP contribution in [0.4, 0.5) is 0 Å². The van der Waals surface area contributed by atoms with Crippen molar-refractivity contribution in [2.24, 2.45) is 0 Å². The Balaban J connectivity index is 0.000000115. The van der Waals surface area contributed by atoms with Gasteiger partial charge in [-0.05, 0) is 34.4 Å². The highest BCUT2D eigenvalue weighted by molar-refractivity contribution is 7.17. The van der Waals surface area contributed by atoms with Crippen molar-refractivity contribution in [1.82, 2.24) is 9.97 Å². The van der Waals surface area contributed by atoms with Crippen molar-refractivity contribution < 1.29 is 0 Å². The van der Waals surface area contributed by atoms with Crippen molar-refractivity contribution in [1.29, 1.82) is 0 Å². The third kappa shape index (κ3) is 2.73. The van der Waals surface area contributed by atoms with E-state index < -0.39 is 0 Å². The van der Waals surface area contributed by atoms with Crippen LogP contribution in [0.5, 0.6) is 0 Å². The Hall–Kier alpha value is -2.82. The van der Waals surface area contributed by atoms with Crippen LogP contribution in [0, 0.1) is 0 Å². The Labute approximate surface area is 158 Å². The van der Waals surface area contributed by atoms with Gasteiger partial charge in [0, 0.05) is 5.39 Å². The molecule has 4 aromatic carbocycles. The first-order valence-electron chi connectivity index (χ1n) is 8.31. The molecule has 2 aromatic heterocycles. The van der Waals surface area contributed by atoms with Crippen LogP contribution in [0.15, 0.2) is 83.8 Å². The first-order valence-corrected chi connectivity index (χ1v) is 10.1. The van der Waals surface area contributed by atoms with Gasteiger partial charge in [-0.2, -0.15) is 0 Å². The number of benzene rings is 4. The molecule has 0 unspecified atom stereocenters. The summed E-state index contributed by atoms with van der Waals surface area (Å²) in [5.74, 6) is 0. The predicted molar refractivity (Wildman–Crippen MR) is 114 cm³/mol. The van der Waals surface area contributed by atoms with Crippen LogP contribution < -0.4 is 0 Å². The fourth-order valence-electron chi connectivity index (χ4n) is 3.14. The molecule has 26 heavy (non-hydrogen) atoms. The zero-order valence-corrected chi connectivity index (χ0v) is 15.4. The Morgan fingerprint density at radius 2 is 1.27 bits per heavy atom. The summed E-state index contributed by atoms with van der Waals surface area (Å²) in [6, 6.07) is 25.3. The zero-order valence-electron chi connectivity index (χ0n) is 13.8. The van der Waals surface area contributed by atoms with Crippen LogP contribution >= 0.6 is 22.7 Å². The highest BCUT2D eigenvalue weighted by atomic mass is 32.1. The lowest BCUT2D eigenvalue weighted by Gasteiger charge is -1.96. The Kier molecular flexibility index (Phi) is 3.85. The van der Waals surface area contributed by atoms with Gasteiger partial charge in [0.1, 0.15) is 0 Å². The molecule has 0 saturated carbocycles. The van der Waals surface area contributed by atoms with Gasteiger partial charge in [-0.15, -0.1) is 22.7 Å². The summed E-state index contributed by atoms with van der Waals surface area (Å²) >= 11 is 3.38. The average Bonchev–Trinajstić information content (AvgIpc) is 3.35. The van der Waals surface area contributed by atoms with Crippen LogP contribution in [-0.4, -0.2) is 9.97 Å². The lowest BCUT2D eigenvalue weighted by molar-refractivity contribution is 1.51. The number of rotatable bonds is 0. The van der Waals surface area contributed by atoms with E-state index in [0.29, 0.717) is 0 Å². The van der Waals surface area contributed by atoms with E-state index in [-0.39, 0.29) is 0 Å². The van der Waals surface area contributed by atoms with Crippen molar-refractivity contribution in [2.75, 3.05) is 0 Å². The molecular formula is C22H14N2S2. The van der Waals surface area contributed by atoms with E-state index in [0.717, 1.165) is 11.0 Å². The number of nitrogens with zero attached hydrogens (tertiary/aromatic N) is 2. The summed E-state index contributed by atoms with van der Waals surface area (Å²) in [6.07, 6.45) is 0. The minimum atomic E-state index is 1.10. The Morgan fingerprint density at radius 1 is 0.577 bits per heavy atom. The maximum Gasteiger partial charge on any atom is 0.0890 e. The van der Waals surface area contributed by atoms with E-state index in [1.807, 2.05) is 11.0 Å². The maximum absolute atomic E-state index is 4.37. The summed E-state index contributed by atoms with van der Waals surface area (Å²) in [4.78, 5) is 8.65. The van der Waals surface area contributed by atoms with Crippen LogP contribution in [0.3, 0.4) is 0 Å². The number of hydrogen-bond donors (Lipinski definition) is 0. The first kappa shape index (κ1) is 15.4. The molecule has 0 aliphatic heterocycles. The number of hydrogen-bond acceptors (Lipinski definition) is 4. The van der Waals surface area contributed by atoms with Crippen LogP contribution in [0.25, 0.3) is 42.0 Å². The summed E-state index contributed by atoms with van der Waals surface area (Å²) < 4.78 is 2.53. The molecule has 0 aliphatic rings. The number of fused-ring (bicyclic) bond motifs is 5. The minimum Gasteiger partial charge on any atom is -0.245 e. The SMILES string of the molecule is c1ccc2c(c1)ccc1scnc12.c1ccc2cc3scnc3cc2c1. The summed E-state index contributed by atoms with van der Waals surface area (Å²) in [5, 5.41) is 5.07. The van der Waals surface area contributed by atoms with E-state index in [4.69, 9.17) is 0 Å². The largest absolute Gasteiger partial charge is 0.245 e. The quantitative estimate of drug-likeness (QED) is 0.291. The Morgan fingerprint density at radius 3 is 2.15 bits per heavy atom. The van der Waals surface area contributed by atoms with E-state index in [9.17, 15) is 0 Å². The smallest absolute Gasteiger partial charge is 0.0890 e. The van der Waals surface area contributed by atoms with Gasteiger partial charge in [0.15, 0.2) is 0 Å². The van der Waals surface area contributed by atoms with Crippen LogP contribution in [0.2, 0.25) is 0 Å². The van der Waals surface area contributed by atoms with E-state index in [2.05, 4.69) is 82.8 Å². The molecule has 4 heteroatoms. The van der Waals surface area contributed by atoms with Crippen molar-refractivity contribution >= 4 is 64.7 Å². The Bertz CT molecular complexity index is 1290. The third-order valence-electron chi connectivity index (χ3n) is 4.42. The lowest BCUT2D eigenvalue weighted by Crippen LogP contribution is -1.73. The zero-order chi connectivity index (χ0) is 17.3. The standard InChI is InChI=1S/2C11H7NS/c1-2-4-9-6-11-10(12-7-13-11)5-8(9)3-1;1-2-4-9-8(3-1)5-6-10-11(9)12-7-13-10/h2*1-7H. The second kappa shape index (κ2) is 6.48. The van der Waals surface area contributed by atoms with Gasteiger partial charge in [-0.1, -0.05) is 54.6 Å². The lowest BCUT2D eigenvalue weighted by atomic mass is 10.1. The first-order chi connectivity index (χ1) is 12.9. The average molecular weight is 371 g/mol. The van der Waals surface area contributed by atoms with Gasteiger partial charge in [0.25, 0.3) is 0 Å². The summed E-state index contributed by atoms with van der Waals surface area (Å²) in [6.45, 7) is 0. The molecule has 2 heterocycles. The second-order valence-corrected chi connectivity index (χ2v) is 7.78. The molecule has 0 bridgehead atoms. The molecule has 2 nitrogen and oxygen atoms in total. The molecule has 0 amide bonds. The molecule has 0 atom stereocenters. The highest BCUT2D eigenvalue weighted by Crippen LogP contribution is 2.26. The van der Waals surface area contributed by atoms with Gasteiger partial charge >= 0.3 is 0 Å². The fraction of sp³-hybridized carbons (Fsp3) is 0. The highest BCUT2D eigenvalue weighted by Gasteiger charge is 2.01. The fourth-order valence-corrected chi connectivity index (χ4v) is 4.54. The molecular weight excluding hydrogens is 356 g/mol. The maximum atomic E-state index is 4.37. The van der Waals surface area contributed by atoms with Crippen molar-refractivity contribution in [3.05, 3.63) is 83.8 Å². The monoisotopic (exact) mass is 370 g/mol. The molecule has 0 N–H and O–H groups in total. The van der Waals surface area contributed by atoms with Crippen LogP contribution in [0.1, 0.15) is 0 Å². The normalized spacial score (nSPS) is 11.1. The topological polar surface area (TPSA) is 25.8 Å². The van der Waals surface area contributed by atoms with Crippen molar-refractivity contribution in [2.45, 2.75) is 0 Å². The molecule has 0 fully saturated rings. The van der Waals surface area contributed by atoms with Gasteiger partial charge in [0.05, 0.1) is 31.5 Å². The van der Waals surface area contributed by atoms with E-state index in [1.54, 1.807) is 22.7 Å². The second-order valence-electron chi connectivity index (χ2n) is 6.01. The molecule has 6 rings (SSSR count). The van der Waals surface area contributed by atoms with Gasteiger partial charge in [-0.3, -0.25) is 0 Å². The minimum absolute atomic E-state index is 1.10. The molecule has 0 aliphatic carbocycles. The predicted octanol–water partition coefficient (Wildman–Crippen LogP) is 6.90.